The molecule has 2 aromatic heterocycles. The Kier molecular flexibility index (Phi) is 3.43. The molecule has 0 radical (unpaired) electrons. The van der Waals surface area contributed by atoms with Crippen molar-refractivity contribution in [2.45, 2.75) is 18.9 Å². The molecule has 0 saturated heterocycles. The van der Waals surface area contributed by atoms with Gasteiger partial charge < -0.3 is 9.67 Å². The van der Waals surface area contributed by atoms with E-state index in [0.717, 1.165) is 28.8 Å². The maximum Gasteiger partial charge on any atom is 0.108 e. The van der Waals surface area contributed by atoms with Crippen molar-refractivity contribution < 1.29 is 5.11 Å². The van der Waals surface area contributed by atoms with Crippen LogP contribution in [0, 0.1) is 0 Å². The predicted molar refractivity (Wildman–Crippen MR) is 76.0 cm³/mol. The summed E-state index contributed by atoms with van der Waals surface area (Å²) >= 11 is 0. The highest BCUT2D eigenvalue weighted by molar-refractivity contribution is 5.74. The Morgan fingerprint density at radius 3 is 2.65 bits per heavy atom. The topological polar surface area (TPSA) is 63.8 Å². The highest BCUT2D eigenvalue weighted by Gasteiger charge is 2.10. The highest BCUT2D eigenvalue weighted by atomic mass is 16.3. The van der Waals surface area contributed by atoms with E-state index in [2.05, 4.69) is 15.0 Å². The summed E-state index contributed by atoms with van der Waals surface area (Å²) in [5.74, 6) is 0.977. The largest absolute Gasteiger partial charge is 0.388 e. The molecule has 5 heteroatoms. The molecular formula is C15H16N4O. The van der Waals surface area contributed by atoms with E-state index in [0.29, 0.717) is 6.42 Å². The minimum Gasteiger partial charge on any atom is -0.388 e. The molecule has 0 fully saturated rings. The lowest BCUT2D eigenvalue weighted by Gasteiger charge is -2.11. The molecule has 3 aromatic rings. The number of imidazole rings is 1. The van der Waals surface area contributed by atoms with E-state index in [-0.39, 0.29) is 0 Å². The van der Waals surface area contributed by atoms with Crippen LogP contribution in [0.15, 0.2) is 43.0 Å². The van der Waals surface area contributed by atoms with Gasteiger partial charge in [-0.05, 0) is 24.1 Å². The number of aliphatic hydroxyl groups is 1. The highest BCUT2D eigenvalue weighted by Crippen LogP contribution is 2.21. The van der Waals surface area contributed by atoms with Crippen LogP contribution in [-0.2, 0) is 13.5 Å². The molecule has 0 bridgehead atoms. The van der Waals surface area contributed by atoms with Crippen LogP contribution >= 0.6 is 0 Å². The van der Waals surface area contributed by atoms with Gasteiger partial charge in [0.25, 0.3) is 0 Å². The Morgan fingerprint density at radius 1 is 1.10 bits per heavy atom. The third kappa shape index (κ3) is 2.53. The van der Waals surface area contributed by atoms with E-state index in [1.165, 1.54) is 0 Å². The fourth-order valence-electron chi connectivity index (χ4n) is 2.26. The van der Waals surface area contributed by atoms with Crippen molar-refractivity contribution in [3.63, 3.8) is 0 Å². The standard InChI is InChI=1S/C15H16N4O/c1-19-9-8-18-15(19)5-4-14(20)11-2-3-12-13(10-11)17-7-6-16-12/h2-3,6-10,14,20H,4-5H2,1H3. The van der Waals surface area contributed by atoms with Gasteiger partial charge in [0.1, 0.15) is 5.82 Å². The van der Waals surface area contributed by atoms with Gasteiger partial charge in [0.2, 0.25) is 0 Å². The molecule has 1 N–H and O–H groups in total. The summed E-state index contributed by atoms with van der Waals surface area (Å²) in [5.41, 5.74) is 2.51. The Labute approximate surface area is 117 Å². The van der Waals surface area contributed by atoms with Gasteiger partial charge in [-0.3, -0.25) is 9.97 Å². The quantitative estimate of drug-likeness (QED) is 0.786. The lowest BCUT2D eigenvalue weighted by molar-refractivity contribution is 0.167. The maximum atomic E-state index is 10.3. The zero-order valence-corrected chi connectivity index (χ0v) is 11.3. The third-order valence-electron chi connectivity index (χ3n) is 3.44. The Bertz CT molecular complexity index is 722. The molecule has 2 heterocycles. The van der Waals surface area contributed by atoms with E-state index >= 15 is 0 Å². The molecule has 0 saturated carbocycles. The lowest BCUT2D eigenvalue weighted by Crippen LogP contribution is -2.03. The van der Waals surface area contributed by atoms with Crippen LogP contribution in [-0.4, -0.2) is 24.6 Å². The predicted octanol–water partition coefficient (Wildman–Crippen LogP) is 2.03. The zero-order chi connectivity index (χ0) is 13.9. The first-order chi connectivity index (χ1) is 9.74. The van der Waals surface area contributed by atoms with Crippen LogP contribution < -0.4 is 0 Å². The molecular weight excluding hydrogens is 252 g/mol. The summed E-state index contributed by atoms with van der Waals surface area (Å²) in [6, 6.07) is 5.69. The summed E-state index contributed by atoms with van der Waals surface area (Å²) in [6.07, 6.45) is 7.87. The van der Waals surface area contributed by atoms with Gasteiger partial charge in [0.05, 0.1) is 17.1 Å². The average molecular weight is 268 g/mol. The number of hydrogen-bond acceptors (Lipinski definition) is 4. The average Bonchev–Trinajstić information content (AvgIpc) is 2.89. The molecule has 0 aliphatic carbocycles. The summed E-state index contributed by atoms with van der Waals surface area (Å²) in [5, 5.41) is 10.3. The first-order valence-electron chi connectivity index (χ1n) is 6.59. The molecule has 0 aliphatic rings. The third-order valence-corrected chi connectivity index (χ3v) is 3.44. The molecule has 102 valence electrons. The molecule has 0 aliphatic heterocycles. The monoisotopic (exact) mass is 268 g/mol. The maximum absolute atomic E-state index is 10.3. The molecule has 20 heavy (non-hydrogen) atoms. The van der Waals surface area contributed by atoms with Crippen molar-refractivity contribution in [2.75, 3.05) is 0 Å². The van der Waals surface area contributed by atoms with Crippen molar-refractivity contribution in [1.82, 2.24) is 19.5 Å². The van der Waals surface area contributed by atoms with E-state index in [9.17, 15) is 5.11 Å². The van der Waals surface area contributed by atoms with Crippen LogP contribution in [0.5, 0.6) is 0 Å². The van der Waals surface area contributed by atoms with Gasteiger partial charge >= 0.3 is 0 Å². The number of aromatic nitrogens is 4. The second kappa shape index (κ2) is 5.38. The van der Waals surface area contributed by atoms with E-state index in [1.54, 1.807) is 18.6 Å². The number of hydrogen-bond donors (Lipinski definition) is 1. The Morgan fingerprint density at radius 2 is 1.90 bits per heavy atom. The number of benzene rings is 1. The second-order valence-corrected chi connectivity index (χ2v) is 4.81. The van der Waals surface area contributed by atoms with Crippen LogP contribution in [0.2, 0.25) is 0 Å². The summed E-state index contributed by atoms with van der Waals surface area (Å²) in [6.45, 7) is 0. The molecule has 3 rings (SSSR count). The summed E-state index contributed by atoms with van der Waals surface area (Å²) in [7, 11) is 1.96. The van der Waals surface area contributed by atoms with Crippen molar-refractivity contribution in [1.29, 1.82) is 0 Å². The van der Waals surface area contributed by atoms with Gasteiger partial charge in [0.15, 0.2) is 0 Å². The van der Waals surface area contributed by atoms with Gasteiger partial charge in [-0.2, -0.15) is 0 Å². The molecule has 0 amide bonds. The minimum atomic E-state index is -0.516. The fourth-order valence-corrected chi connectivity index (χ4v) is 2.26. The molecule has 1 atom stereocenters. The molecule has 5 nitrogen and oxygen atoms in total. The van der Waals surface area contributed by atoms with Crippen molar-refractivity contribution in [2.24, 2.45) is 7.05 Å². The zero-order valence-electron chi connectivity index (χ0n) is 11.3. The summed E-state index contributed by atoms with van der Waals surface area (Å²) < 4.78 is 1.97. The number of nitrogens with zero attached hydrogens (tertiary/aromatic N) is 4. The molecule has 0 spiro atoms. The first kappa shape index (κ1) is 12.7. The first-order valence-corrected chi connectivity index (χ1v) is 6.59. The molecule has 1 aromatic carbocycles. The molecule has 1 unspecified atom stereocenters. The number of fused-ring (bicyclic) bond motifs is 1. The van der Waals surface area contributed by atoms with Crippen LogP contribution in [0.25, 0.3) is 11.0 Å². The Hall–Kier alpha value is -2.27. The number of aliphatic hydroxyl groups excluding tert-OH is 1. The number of rotatable bonds is 4. The van der Waals surface area contributed by atoms with Gasteiger partial charge in [0, 0.05) is 38.3 Å². The smallest absolute Gasteiger partial charge is 0.108 e. The van der Waals surface area contributed by atoms with Crippen LogP contribution in [0.3, 0.4) is 0 Å². The van der Waals surface area contributed by atoms with Gasteiger partial charge in [-0.25, -0.2) is 4.98 Å². The van der Waals surface area contributed by atoms with Crippen LogP contribution in [0.1, 0.15) is 23.9 Å². The van der Waals surface area contributed by atoms with Crippen LogP contribution in [0.4, 0.5) is 0 Å². The van der Waals surface area contributed by atoms with E-state index in [1.807, 2.05) is 36.0 Å². The van der Waals surface area contributed by atoms with Gasteiger partial charge in [-0.1, -0.05) is 6.07 Å². The van der Waals surface area contributed by atoms with E-state index in [4.69, 9.17) is 0 Å². The van der Waals surface area contributed by atoms with Crippen molar-refractivity contribution in [3.05, 3.63) is 54.4 Å². The van der Waals surface area contributed by atoms with Crippen molar-refractivity contribution >= 4 is 11.0 Å². The Balaban J connectivity index is 1.75. The second-order valence-electron chi connectivity index (χ2n) is 4.81. The fraction of sp³-hybridized carbons (Fsp3) is 0.267. The lowest BCUT2D eigenvalue weighted by atomic mass is 10.0. The van der Waals surface area contributed by atoms with Gasteiger partial charge in [-0.15, -0.1) is 0 Å². The summed E-state index contributed by atoms with van der Waals surface area (Å²) in [4.78, 5) is 12.7. The normalized spacial score (nSPS) is 12.7. The minimum absolute atomic E-state index is 0.516. The van der Waals surface area contributed by atoms with Crippen molar-refractivity contribution in [3.8, 4) is 0 Å². The number of aryl methyl sites for hydroxylation is 2. The van der Waals surface area contributed by atoms with E-state index < -0.39 is 6.10 Å². The SMILES string of the molecule is Cn1ccnc1CCC(O)c1ccc2nccnc2c1.